The van der Waals surface area contributed by atoms with Gasteiger partial charge < -0.3 is 0 Å². The van der Waals surface area contributed by atoms with E-state index < -0.39 is 11.4 Å². The summed E-state index contributed by atoms with van der Waals surface area (Å²) in [5.74, 6) is 4.96. The van der Waals surface area contributed by atoms with Crippen molar-refractivity contribution in [3.63, 3.8) is 0 Å². The maximum absolute atomic E-state index is 12.7. The van der Waals surface area contributed by atoms with Crippen LogP contribution in [0.4, 0.5) is 8.78 Å². The molecule has 1 heterocycles. The van der Waals surface area contributed by atoms with Crippen molar-refractivity contribution in [1.29, 1.82) is 0 Å². The summed E-state index contributed by atoms with van der Waals surface area (Å²) in [5.41, 5.74) is 2.48. The number of nitrogens with one attached hydrogen (secondary N) is 1. The van der Waals surface area contributed by atoms with Crippen molar-refractivity contribution in [2.24, 2.45) is 5.84 Å². The average Bonchev–Trinajstić information content (AvgIpc) is 2.14. The molecule has 0 aromatic carbocycles. The number of rotatable bonds is 4. The summed E-state index contributed by atoms with van der Waals surface area (Å²) in [5, 5.41) is -3.38. The third kappa shape index (κ3) is 3.17. The van der Waals surface area contributed by atoms with Gasteiger partial charge in [0.2, 0.25) is 0 Å². The Morgan fingerprint density at radius 3 is 2.71 bits per heavy atom. The van der Waals surface area contributed by atoms with Crippen LogP contribution in [0, 0.1) is 0 Å². The molecular weight excluding hydrogens is 212 g/mol. The van der Waals surface area contributed by atoms with Gasteiger partial charge in [-0.25, -0.2) is 5.43 Å². The van der Waals surface area contributed by atoms with Gasteiger partial charge in [-0.1, -0.05) is 6.07 Å². The van der Waals surface area contributed by atoms with Gasteiger partial charge in [0.1, 0.15) is 6.04 Å². The van der Waals surface area contributed by atoms with E-state index >= 15 is 0 Å². The normalized spacial score (nSPS) is 14.0. The molecule has 3 N–H and O–H groups in total. The Morgan fingerprint density at radius 1 is 1.57 bits per heavy atom. The summed E-state index contributed by atoms with van der Waals surface area (Å²) in [6, 6.07) is 3.72. The first kappa shape index (κ1) is 11.3. The summed E-state index contributed by atoms with van der Waals surface area (Å²) in [4.78, 5) is 3.89. The summed E-state index contributed by atoms with van der Waals surface area (Å²) >= 11 is 4.85. The standard InChI is InChI=1S/C8H10ClF2N3/c9-8(10,11)7(14-12)5-6-3-1-2-4-13-6/h1-4,7,14H,5,12H2. The van der Waals surface area contributed by atoms with Crippen LogP contribution >= 0.6 is 11.6 Å². The fourth-order valence-electron chi connectivity index (χ4n) is 0.997. The quantitative estimate of drug-likeness (QED) is 0.458. The first-order valence-corrected chi connectivity index (χ1v) is 4.34. The molecule has 0 aliphatic heterocycles. The second kappa shape index (κ2) is 4.63. The number of halogens is 3. The van der Waals surface area contributed by atoms with Crippen LogP contribution in [0.2, 0.25) is 0 Å². The zero-order chi connectivity index (χ0) is 10.6. The van der Waals surface area contributed by atoms with Crippen LogP contribution in [0.15, 0.2) is 24.4 Å². The lowest BCUT2D eigenvalue weighted by molar-refractivity contribution is 0.0499. The number of aromatic nitrogens is 1. The van der Waals surface area contributed by atoms with Crippen LogP contribution in [-0.4, -0.2) is 16.4 Å². The minimum absolute atomic E-state index is 0.0200. The maximum Gasteiger partial charge on any atom is 0.338 e. The van der Waals surface area contributed by atoms with Crippen molar-refractivity contribution in [2.75, 3.05) is 0 Å². The van der Waals surface area contributed by atoms with Crippen LogP contribution in [0.5, 0.6) is 0 Å². The molecule has 6 heteroatoms. The van der Waals surface area contributed by atoms with Crippen molar-refractivity contribution in [3.8, 4) is 0 Å². The van der Waals surface area contributed by atoms with Crippen LogP contribution in [-0.2, 0) is 6.42 Å². The van der Waals surface area contributed by atoms with E-state index in [1.807, 2.05) is 5.43 Å². The lowest BCUT2D eigenvalue weighted by Crippen LogP contribution is -2.47. The predicted octanol–water partition coefficient (Wildman–Crippen LogP) is 1.29. The first-order valence-electron chi connectivity index (χ1n) is 3.97. The van der Waals surface area contributed by atoms with Gasteiger partial charge in [-0.15, -0.1) is 0 Å². The van der Waals surface area contributed by atoms with Crippen molar-refractivity contribution in [2.45, 2.75) is 17.8 Å². The molecule has 1 aromatic rings. The molecule has 0 aliphatic rings. The second-order valence-corrected chi connectivity index (χ2v) is 3.29. The van der Waals surface area contributed by atoms with Crippen LogP contribution < -0.4 is 11.3 Å². The first-order chi connectivity index (χ1) is 6.54. The van der Waals surface area contributed by atoms with Crippen LogP contribution in [0.1, 0.15) is 5.69 Å². The Kier molecular flexibility index (Phi) is 3.74. The van der Waals surface area contributed by atoms with Gasteiger partial charge in [0.15, 0.2) is 0 Å². The van der Waals surface area contributed by atoms with Gasteiger partial charge in [0.05, 0.1) is 0 Å². The van der Waals surface area contributed by atoms with E-state index in [9.17, 15) is 8.78 Å². The highest BCUT2D eigenvalue weighted by Crippen LogP contribution is 2.25. The van der Waals surface area contributed by atoms with E-state index in [-0.39, 0.29) is 6.42 Å². The molecule has 1 rings (SSSR count). The average molecular weight is 222 g/mol. The lowest BCUT2D eigenvalue weighted by Gasteiger charge is -2.19. The lowest BCUT2D eigenvalue weighted by atomic mass is 10.1. The molecule has 0 spiro atoms. The molecule has 1 atom stereocenters. The Balaban J connectivity index is 2.67. The minimum atomic E-state index is -3.38. The van der Waals surface area contributed by atoms with E-state index in [4.69, 9.17) is 17.4 Å². The zero-order valence-electron chi connectivity index (χ0n) is 7.25. The van der Waals surface area contributed by atoms with Crippen molar-refractivity contribution in [1.82, 2.24) is 10.4 Å². The molecule has 0 saturated heterocycles. The fourth-order valence-corrected chi connectivity index (χ4v) is 1.14. The summed E-state index contributed by atoms with van der Waals surface area (Å²) in [6.07, 6.45) is 1.50. The highest BCUT2D eigenvalue weighted by atomic mass is 35.5. The Bertz CT molecular complexity index is 276. The smallest absolute Gasteiger partial charge is 0.271 e. The van der Waals surface area contributed by atoms with Crippen molar-refractivity contribution < 1.29 is 8.78 Å². The van der Waals surface area contributed by atoms with E-state index in [1.165, 1.54) is 6.20 Å². The number of nitrogens with zero attached hydrogens (tertiary/aromatic N) is 1. The number of alkyl halides is 3. The summed E-state index contributed by atoms with van der Waals surface area (Å²) in [7, 11) is 0. The van der Waals surface area contributed by atoms with Crippen LogP contribution in [0.3, 0.4) is 0 Å². The topological polar surface area (TPSA) is 50.9 Å². The van der Waals surface area contributed by atoms with E-state index in [1.54, 1.807) is 18.2 Å². The molecular formula is C8H10ClF2N3. The highest BCUT2D eigenvalue weighted by molar-refractivity contribution is 6.22. The number of hydrazine groups is 1. The molecule has 3 nitrogen and oxygen atoms in total. The van der Waals surface area contributed by atoms with Gasteiger partial charge in [-0.2, -0.15) is 8.78 Å². The molecule has 0 fully saturated rings. The minimum Gasteiger partial charge on any atom is -0.271 e. The summed E-state index contributed by atoms with van der Waals surface area (Å²) in [6.45, 7) is 0. The predicted molar refractivity (Wildman–Crippen MR) is 49.9 cm³/mol. The third-order valence-corrected chi connectivity index (χ3v) is 2.00. The third-order valence-electron chi connectivity index (χ3n) is 1.74. The maximum atomic E-state index is 12.7. The molecule has 1 unspecified atom stereocenters. The number of pyridine rings is 1. The van der Waals surface area contributed by atoms with Gasteiger partial charge in [-0.3, -0.25) is 10.8 Å². The molecule has 14 heavy (non-hydrogen) atoms. The van der Waals surface area contributed by atoms with Gasteiger partial charge in [0, 0.05) is 18.3 Å². The van der Waals surface area contributed by atoms with E-state index in [0.29, 0.717) is 5.69 Å². The van der Waals surface area contributed by atoms with E-state index in [0.717, 1.165) is 0 Å². The molecule has 0 saturated carbocycles. The number of hydrogen-bond donors (Lipinski definition) is 2. The monoisotopic (exact) mass is 221 g/mol. The largest absolute Gasteiger partial charge is 0.338 e. The Hall–Kier alpha value is -0.780. The molecule has 0 bridgehead atoms. The SMILES string of the molecule is NNC(Cc1ccccn1)C(F)(F)Cl. The van der Waals surface area contributed by atoms with E-state index in [2.05, 4.69) is 4.98 Å². The molecule has 0 amide bonds. The number of hydrogen-bond acceptors (Lipinski definition) is 3. The molecule has 0 radical (unpaired) electrons. The van der Waals surface area contributed by atoms with Gasteiger partial charge >= 0.3 is 5.38 Å². The Morgan fingerprint density at radius 2 is 2.29 bits per heavy atom. The molecule has 1 aromatic heterocycles. The second-order valence-electron chi connectivity index (χ2n) is 2.79. The van der Waals surface area contributed by atoms with Crippen molar-refractivity contribution in [3.05, 3.63) is 30.1 Å². The van der Waals surface area contributed by atoms with Gasteiger partial charge in [0.25, 0.3) is 0 Å². The van der Waals surface area contributed by atoms with Crippen molar-refractivity contribution >= 4 is 11.6 Å². The Labute approximate surface area is 85.2 Å². The van der Waals surface area contributed by atoms with Gasteiger partial charge in [-0.05, 0) is 23.7 Å². The molecule has 78 valence electrons. The fraction of sp³-hybridized carbons (Fsp3) is 0.375. The summed E-state index contributed by atoms with van der Waals surface area (Å²) < 4.78 is 25.3. The zero-order valence-corrected chi connectivity index (χ0v) is 8.01. The number of nitrogens with two attached hydrogens (primary N) is 1. The van der Waals surface area contributed by atoms with Crippen LogP contribution in [0.25, 0.3) is 0 Å². The highest BCUT2D eigenvalue weighted by Gasteiger charge is 2.36. The molecule has 0 aliphatic carbocycles.